The van der Waals surface area contributed by atoms with Crippen molar-refractivity contribution in [3.8, 4) is 0 Å². The lowest BCUT2D eigenvalue weighted by Crippen LogP contribution is -2.29. The summed E-state index contributed by atoms with van der Waals surface area (Å²) in [6.45, 7) is 1.63. The van der Waals surface area contributed by atoms with E-state index in [1.54, 1.807) is 31.2 Å². The fourth-order valence-electron chi connectivity index (χ4n) is 1.29. The van der Waals surface area contributed by atoms with Crippen molar-refractivity contribution in [2.45, 2.75) is 13.2 Å². The van der Waals surface area contributed by atoms with Crippen molar-refractivity contribution in [1.82, 2.24) is 0 Å². The zero-order chi connectivity index (χ0) is 9.42. The van der Waals surface area contributed by atoms with Gasteiger partial charge in [-0.3, -0.25) is 0 Å². The van der Waals surface area contributed by atoms with E-state index in [9.17, 15) is 10.0 Å². The van der Waals surface area contributed by atoms with Gasteiger partial charge in [-0.1, -0.05) is 12.1 Å². The second kappa shape index (κ2) is 2.74. The van der Waals surface area contributed by atoms with Crippen LogP contribution in [0.4, 0.5) is 11.4 Å². The highest BCUT2D eigenvalue weighted by Crippen LogP contribution is 2.31. The zero-order valence-electron chi connectivity index (χ0n) is 7.14. The van der Waals surface area contributed by atoms with Crippen LogP contribution in [0.5, 0.6) is 0 Å². The van der Waals surface area contributed by atoms with Crippen LogP contribution < -0.4 is 0 Å². The molecule has 0 radical (unpaired) electrons. The summed E-state index contributed by atoms with van der Waals surface area (Å²) in [5, 5.41) is 9.38. The van der Waals surface area contributed by atoms with Crippen LogP contribution in [-0.4, -0.2) is 21.8 Å². The Balaban J connectivity index is 2.63. The summed E-state index contributed by atoms with van der Waals surface area (Å²) in [4.78, 5) is 15.5. The predicted octanol–water partition coefficient (Wildman–Crippen LogP) is 1.52. The number of hydrogen-bond acceptors (Lipinski definition) is 3. The molecular weight excluding hydrogens is 168 g/mol. The van der Waals surface area contributed by atoms with Crippen LogP contribution in [0.2, 0.25) is 0 Å². The van der Waals surface area contributed by atoms with Crippen molar-refractivity contribution in [3.05, 3.63) is 29.2 Å². The van der Waals surface area contributed by atoms with Crippen LogP contribution in [0.15, 0.2) is 29.3 Å². The van der Waals surface area contributed by atoms with E-state index in [1.807, 2.05) is 0 Å². The molecule has 13 heavy (non-hydrogen) atoms. The Morgan fingerprint density at radius 2 is 2.15 bits per heavy atom. The monoisotopic (exact) mass is 177 g/mol. The van der Waals surface area contributed by atoms with E-state index in [4.69, 9.17) is 0 Å². The molecule has 1 N–H and O–H groups in total. The Morgan fingerprint density at radius 3 is 2.92 bits per heavy atom. The van der Waals surface area contributed by atoms with Gasteiger partial charge in [0.25, 0.3) is 5.69 Å². The molecule has 1 heterocycles. The van der Waals surface area contributed by atoms with E-state index < -0.39 is 6.23 Å². The molecule has 1 aromatic carbocycles. The minimum Gasteiger partial charge on any atom is -0.329 e. The van der Waals surface area contributed by atoms with E-state index in [2.05, 4.69) is 4.99 Å². The van der Waals surface area contributed by atoms with Gasteiger partial charge >= 0.3 is 6.23 Å². The molecule has 0 amide bonds. The van der Waals surface area contributed by atoms with Crippen molar-refractivity contribution in [1.29, 1.82) is 0 Å². The fourth-order valence-corrected chi connectivity index (χ4v) is 1.29. The molecule has 2 rings (SSSR count). The van der Waals surface area contributed by atoms with Gasteiger partial charge in [-0.05, 0) is 13.0 Å². The van der Waals surface area contributed by atoms with Crippen LogP contribution in [0.25, 0.3) is 0 Å². The second-order valence-corrected chi connectivity index (χ2v) is 2.94. The summed E-state index contributed by atoms with van der Waals surface area (Å²) in [7, 11) is 0. The van der Waals surface area contributed by atoms with E-state index >= 15 is 0 Å². The number of aliphatic imine (C=N–C) groups is 1. The number of nitrogens with zero attached hydrogens (tertiary/aromatic N) is 2. The molecule has 1 aromatic rings. The highest BCUT2D eigenvalue weighted by molar-refractivity contribution is 5.90. The average Bonchev–Trinajstić information content (AvgIpc) is 2.15. The van der Waals surface area contributed by atoms with Gasteiger partial charge < -0.3 is 5.11 Å². The first kappa shape index (κ1) is 8.07. The molecule has 1 aliphatic rings. The second-order valence-electron chi connectivity index (χ2n) is 2.94. The Morgan fingerprint density at radius 1 is 1.46 bits per heavy atom. The van der Waals surface area contributed by atoms with Gasteiger partial charge in [0.15, 0.2) is 0 Å². The summed E-state index contributed by atoms with van der Waals surface area (Å²) in [5.41, 5.74) is 1.45. The van der Waals surface area contributed by atoms with Gasteiger partial charge in [-0.15, -0.1) is 0 Å². The maximum Gasteiger partial charge on any atom is 0.348 e. The smallest absolute Gasteiger partial charge is 0.329 e. The van der Waals surface area contributed by atoms with Gasteiger partial charge in [0.1, 0.15) is 11.4 Å². The molecule has 66 valence electrons. The van der Waals surface area contributed by atoms with Crippen molar-refractivity contribution in [2.75, 3.05) is 0 Å². The number of para-hydroxylation sites is 2. The summed E-state index contributed by atoms with van der Waals surface area (Å²) < 4.78 is 0.567. The number of aliphatic hydroxyl groups excluding tert-OH is 1. The average molecular weight is 177 g/mol. The highest BCUT2D eigenvalue weighted by atomic mass is 16.4. The number of hydrogen-bond donors (Lipinski definition) is 1. The molecule has 1 atom stereocenters. The third-order valence-corrected chi connectivity index (χ3v) is 2.01. The largest absolute Gasteiger partial charge is 0.348 e. The third-order valence-electron chi connectivity index (χ3n) is 2.01. The predicted molar refractivity (Wildman–Crippen MR) is 48.5 cm³/mol. The molecule has 0 fully saturated rings. The summed E-state index contributed by atoms with van der Waals surface area (Å²) >= 11 is 0. The van der Waals surface area contributed by atoms with Crippen LogP contribution in [-0.2, 0) is 0 Å². The number of benzene rings is 1. The van der Waals surface area contributed by atoms with E-state index in [0.29, 0.717) is 21.8 Å². The minimum atomic E-state index is -1.14. The normalized spacial score (nSPS) is 20.9. The van der Waals surface area contributed by atoms with Gasteiger partial charge in [0.2, 0.25) is 0 Å². The molecule has 4 heteroatoms. The molecule has 0 aliphatic carbocycles. The van der Waals surface area contributed by atoms with Crippen LogP contribution in [0.3, 0.4) is 0 Å². The summed E-state index contributed by atoms with van der Waals surface area (Å²) in [6, 6.07) is 6.94. The highest BCUT2D eigenvalue weighted by Gasteiger charge is 2.34. The molecule has 0 saturated carbocycles. The molecular formula is C9H9N2O2+. The number of nitroso groups, excluding NO2 is 1. The molecule has 0 bridgehead atoms. The molecule has 0 spiro atoms. The van der Waals surface area contributed by atoms with Gasteiger partial charge in [0, 0.05) is 11.0 Å². The molecule has 1 unspecified atom stereocenters. The quantitative estimate of drug-likeness (QED) is 0.611. The van der Waals surface area contributed by atoms with Crippen LogP contribution in [0, 0.1) is 4.91 Å². The van der Waals surface area contributed by atoms with Crippen molar-refractivity contribution in [3.63, 3.8) is 0 Å². The van der Waals surface area contributed by atoms with E-state index in [1.165, 1.54) is 0 Å². The molecule has 0 saturated heterocycles. The van der Waals surface area contributed by atoms with Crippen LogP contribution >= 0.6 is 0 Å². The van der Waals surface area contributed by atoms with Crippen molar-refractivity contribution >= 4 is 17.1 Å². The first-order valence-electron chi connectivity index (χ1n) is 3.99. The lowest BCUT2D eigenvalue weighted by molar-refractivity contribution is -0.533. The fraction of sp³-hybridized carbons (Fsp3) is 0.222. The molecule has 1 aliphatic heterocycles. The van der Waals surface area contributed by atoms with Crippen LogP contribution in [0.1, 0.15) is 6.92 Å². The van der Waals surface area contributed by atoms with Gasteiger partial charge in [-0.2, -0.15) is 0 Å². The molecule has 0 aromatic heterocycles. The summed E-state index contributed by atoms with van der Waals surface area (Å²) in [6.07, 6.45) is -1.14. The summed E-state index contributed by atoms with van der Waals surface area (Å²) in [5.74, 6) is 0. The first-order valence-corrected chi connectivity index (χ1v) is 3.99. The Bertz CT molecular complexity index is 398. The third kappa shape index (κ3) is 1.15. The number of rotatable bonds is 0. The number of aliphatic hydroxyl groups is 1. The van der Waals surface area contributed by atoms with Gasteiger partial charge in [0.05, 0.1) is 4.76 Å². The standard InChI is InChI=1S/C9H9N2O2/c1-6-9(12)11(13)8-5-3-2-4-7(8)10-6/h2-5,9,12H,1H3/q+1. The van der Waals surface area contributed by atoms with Gasteiger partial charge in [-0.25, -0.2) is 4.99 Å². The maximum atomic E-state index is 11.4. The maximum absolute atomic E-state index is 11.4. The Labute approximate surface area is 75.1 Å². The lowest BCUT2D eigenvalue weighted by atomic mass is 10.2. The topological polar surface area (TPSA) is 52.7 Å². The zero-order valence-corrected chi connectivity index (χ0v) is 7.14. The lowest BCUT2D eigenvalue weighted by Gasteiger charge is -2.09. The van der Waals surface area contributed by atoms with Crippen molar-refractivity contribution < 1.29 is 9.87 Å². The Kier molecular flexibility index (Phi) is 1.70. The van der Waals surface area contributed by atoms with E-state index in [-0.39, 0.29) is 0 Å². The molecule has 4 nitrogen and oxygen atoms in total. The van der Waals surface area contributed by atoms with Crippen molar-refractivity contribution in [2.24, 2.45) is 4.99 Å². The Hall–Kier alpha value is -1.55. The van der Waals surface area contributed by atoms with E-state index in [0.717, 1.165) is 0 Å². The minimum absolute atomic E-state index is 0.417. The number of fused-ring (bicyclic) bond motifs is 1. The SMILES string of the molecule is CC1=Nc2ccccc2[N+](=O)C1O. The first-order chi connectivity index (χ1) is 6.20.